The van der Waals surface area contributed by atoms with Crippen molar-refractivity contribution in [3.63, 3.8) is 0 Å². The largest absolute Gasteiger partial charge is 0.407 e. The Bertz CT molecular complexity index is 641. The average Bonchev–Trinajstić information content (AvgIpc) is 2.78. The van der Waals surface area contributed by atoms with Gasteiger partial charge in [-0.3, -0.25) is 9.55 Å². The smallest absolute Gasteiger partial charge is 0.328 e. The highest BCUT2D eigenvalue weighted by Gasteiger charge is 2.35. The number of ether oxygens (including phenoxy) is 1. The Morgan fingerprint density at radius 1 is 1.63 bits per heavy atom. The van der Waals surface area contributed by atoms with Crippen molar-refractivity contribution in [2.45, 2.75) is 30.6 Å². The van der Waals surface area contributed by atoms with E-state index >= 15 is 0 Å². The maximum atomic E-state index is 11.8. The standard InChI is InChI=1S/C11H10B2N2O3S/c1-2-6-5-15(10(16)14-9(6)19)8-4-3-7(18-8)11(12,13)17/h1,5,7-8,17H,3-4H2,(H,14,16,19). The van der Waals surface area contributed by atoms with Crippen LogP contribution in [0.25, 0.3) is 0 Å². The molecule has 2 heterocycles. The average molecular weight is 272 g/mol. The van der Waals surface area contributed by atoms with E-state index in [2.05, 4.69) is 10.9 Å². The Morgan fingerprint density at radius 3 is 2.84 bits per heavy atom. The minimum atomic E-state index is -1.94. The van der Waals surface area contributed by atoms with Crippen molar-refractivity contribution in [1.29, 1.82) is 0 Å². The Labute approximate surface area is 117 Å². The third-order valence-electron chi connectivity index (χ3n) is 2.95. The van der Waals surface area contributed by atoms with Gasteiger partial charge in [0.15, 0.2) is 0 Å². The van der Waals surface area contributed by atoms with E-state index in [1.807, 2.05) is 0 Å². The first-order valence-electron chi connectivity index (χ1n) is 5.60. The minimum Gasteiger partial charge on any atom is -0.407 e. The van der Waals surface area contributed by atoms with Crippen LogP contribution in [0.5, 0.6) is 0 Å². The van der Waals surface area contributed by atoms with Crippen LogP contribution in [0.4, 0.5) is 0 Å². The monoisotopic (exact) mass is 272 g/mol. The summed E-state index contributed by atoms with van der Waals surface area (Å²) in [6, 6.07) is 0. The highest BCUT2D eigenvalue weighted by molar-refractivity contribution is 7.71. The lowest BCUT2D eigenvalue weighted by atomic mass is 9.61. The van der Waals surface area contributed by atoms with Gasteiger partial charge in [-0.05, 0) is 12.8 Å². The fourth-order valence-corrected chi connectivity index (χ4v) is 2.17. The number of rotatable bonds is 2. The normalized spacial score (nSPS) is 23.2. The second kappa shape index (κ2) is 5.00. The minimum absolute atomic E-state index is 0.201. The van der Waals surface area contributed by atoms with Gasteiger partial charge in [-0.2, -0.15) is 0 Å². The SMILES string of the molecule is [B]C([B])(O)C1CCC(n2cc(C#C)c(=S)[nH]c2=O)O1. The summed E-state index contributed by atoms with van der Waals surface area (Å²) in [4.78, 5) is 14.3. The van der Waals surface area contributed by atoms with Crippen LogP contribution in [0.1, 0.15) is 24.6 Å². The van der Waals surface area contributed by atoms with E-state index in [1.165, 1.54) is 10.8 Å². The van der Waals surface area contributed by atoms with Crippen LogP contribution in [-0.2, 0) is 4.74 Å². The van der Waals surface area contributed by atoms with Crippen molar-refractivity contribution in [3.8, 4) is 12.3 Å². The zero-order chi connectivity index (χ0) is 14.2. The molecule has 0 aromatic carbocycles. The van der Waals surface area contributed by atoms with Gasteiger partial charge in [-0.25, -0.2) is 4.79 Å². The highest BCUT2D eigenvalue weighted by atomic mass is 32.1. The summed E-state index contributed by atoms with van der Waals surface area (Å²) in [5.74, 6) is 2.38. The quantitative estimate of drug-likeness (QED) is 0.434. The molecule has 0 saturated carbocycles. The zero-order valence-electron chi connectivity index (χ0n) is 10.00. The first kappa shape index (κ1) is 14.1. The maximum Gasteiger partial charge on any atom is 0.328 e. The molecular weight excluding hydrogens is 262 g/mol. The van der Waals surface area contributed by atoms with E-state index in [9.17, 15) is 9.90 Å². The van der Waals surface area contributed by atoms with Crippen LogP contribution >= 0.6 is 12.2 Å². The van der Waals surface area contributed by atoms with Crippen LogP contribution in [0.2, 0.25) is 0 Å². The number of aliphatic hydroxyl groups is 1. The van der Waals surface area contributed by atoms with Gasteiger partial charge in [0.25, 0.3) is 0 Å². The molecule has 2 N–H and O–H groups in total. The Hall–Kier alpha value is -1.29. The predicted octanol–water partition coefficient (Wildman–Crippen LogP) is -0.452. The van der Waals surface area contributed by atoms with Crippen molar-refractivity contribution in [2.75, 3.05) is 0 Å². The number of aromatic nitrogens is 2. The Balaban J connectivity index is 2.33. The number of nitrogens with one attached hydrogen (secondary N) is 1. The second-order valence-corrected chi connectivity index (χ2v) is 4.81. The first-order valence-corrected chi connectivity index (χ1v) is 6.01. The summed E-state index contributed by atoms with van der Waals surface area (Å²) in [7, 11) is 10.7. The van der Waals surface area contributed by atoms with Gasteiger partial charge in [0.1, 0.15) is 26.6 Å². The number of aromatic amines is 1. The van der Waals surface area contributed by atoms with Gasteiger partial charge in [0.05, 0.1) is 11.7 Å². The van der Waals surface area contributed by atoms with Crippen molar-refractivity contribution in [2.24, 2.45) is 0 Å². The summed E-state index contributed by atoms with van der Waals surface area (Å²) in [6.45, 7) is 0. The van der Waals surface area contributed by atoms with Gasteiger partial charge >= 0.3 is 5.69 Å². The van der Waals surface area contributed by atoms with Crippen molar-refractivity contribution >= 4 is 27.9 Å². The highest BCUT2D eigenvalue weighted by Crippen LogP contribution is 2.30. The summed E-state index contributed by atoms with van der Waals surface area (Å²) in [6.07, 6.45) is 6.31. The number of nitrogens with zero attached hydrogens (tertiary/aromatic N) is 1. The number of H-pyrrole nitrogens is 1. The lowest BCUT2D eigenvalue weighted by Gasteiger charge is -2.26. The molecule has 0 bridgehead atoms. The molecule has 1 aliphatic heterocycles. The number of hydrogen-bond donors (Lipinski definition) is 2. The molecule has 4 radical (unpaired) electrons. The summed E-state index contributed by atoms with van der Waals surface area (Å²) in [5, 5.41) is 7.55. The van der Waals surface area contributed by atoms with E-state index in [-0.39, 0.29) is 4.64 Å². The molecule has 5 nitrogen and oxygen atoms in total. The van der Waals surface area contributed by atoms with Gasteiger partial charge in [-0.1, -0.05) is 18.1 Å². The fraction of sp³-hybridized carbons (Fsp3) is 0.455. The van der Waals surface area contributed by atoms with E-state index in [1.54, 1.807) is 0 Å². The fourth-order valence-electron chi connectivity index (χ4n) is 1.97. The topological polar surface area (TPSA) is 67.2 Å². The predicted molar refractivity (Wildman–Crippen MR) is 73.4 cm³/mol. The van der Waals surface area contributed by atoms with Gasteiger partial charge in [0.2, 0.25) is 0 Å². The van der Waals surface area contributed by atoms with Crippen molar-refractivity contribution in [3.05, 3.63) is 26.9 Å². The van der Waals surface area contributed by atoms with Crippen LogP contribution in [0, 0.1) is 17.0 Å². The summed E-state index contributed by atoms with van der Waals surface area (Å²) >= 11 is 4.92. The summed E-state index contributed by atoms with van der Waals surface area (Å²) in [5.41, 5.74) is -0.0513. The first-order chi connectivity index (χ1) is 8.82. The van der Waals surface area contributed by atoms with Crippen LogP contribution in [0.3, 0.4) is 0 Å². The van der Waals surface area contributed by atoms with Crippen molar-refractivity contribution < 1.29 is 9.84 Å². The molecule has 8 heteroatoms. The molecule has 2 unspecified atom stereocenters. The van der Waals surface area contributed by atoms with Crippen LogP contribution in [-0.4, -0.2) is 41.9 Å². The molecule has 2 rings (SSSR count). The zero-order valence-corrected chi connectivity index (χ0v) is 10.8. The number of hydrogen-bond acceptors (Lipinski definition) is 4. The molecule has 0 amide bonds. The van der Waals surface area contributed by atoms with E-state index in [0.717, 1.165) is 0 Å². The molecule has 1 fully saturated rings. The molecule has 1 aromatic heterocycles. The maximum absolute atomic E-state index is 11.8. The third kappa shape index (κ3) is 2.84. The van der Waals surface area contributed by atoms with Gasteiger partial charge in [0, 0.05) is 11.6 Å². The van der Waals surface area contributed by atoms with E-state index < -0.39 is 23.4 Å². The number of terminal acetylenes is 1. The molecule has 19 heavy (non-hydrogen) atoms. The molecule has 0 spiro atoms. The molecule has 0 aliphatic carbocycles. The molecule has 2 atom stereocenters. The van der Waals surface area contributed by atoms with E-state index in [0.29, 0.717) is 18.4 Å². The third-order valence-corrected chi connectivity index (χ3v) is 3.27. The second-order valence-electron chi connectivity index (χ2n) is 4.40. The van der Waals surface area contributed by atoms with Crippen LogP contribution in [0.15, 0.2) is 11.0 Å². The van der Waals surface area contributed by atoms with Crippen molar-refractivity contribution in [1.82, 2.24) is 9.55 Å². The molecule has 1 aromatic rings. The molecule has 94 valence electrons. The van der Waals surface area contributed by atoms with Crippen LogP contribution < -0.4 is 5.69 Å². The van der Waals surface area contributed by atoms with Gasteiger partial charge < -0.3 is 9.84 Å². The molecule has 1 aliphatic rings. The summed E-state index contributed by atoms with van der Waals surface area (Å²) < 4.78 is 6.96. The lowest BCUT2D eigenvalue weighted by molar-refractivity contribution is -0.0503. The lowest BCUT2D eigenvalue weighted by Crippen LogP contribution is -2.43. The Kier molecular flexibility index (Phi) is 3.72. The molecule has 1 saturated heterocycles. The van der Waals surface area contributed by atoms with Gasteiger partial charge in [-0.15, -0.1) is 6.42 Å². The Morgan fingerprint density at radius 2 is 2.32 bits per heavy atom. The van der Waals surface area contributed by atoms with E-state index in [4.69, 9.17) is 39.1 Å². The molecular formula is C11H10B2N2O3S.